The van der Waals surface area contributed by atoms with Crippen molar-refractivity contribution in [3.63, 3.8) is 0 Å². The van der Waals surface area contributed by atoms with E-state index in [2.05, 4.69) is 153 Å². The molecule has 426 valence electrons. The maximum Gasteiger partial charge on any atom is 0.220 e. The van der Waals surface area contributed by atoms with Gasteiger partial charge in [-0.1, -0.05) is 250 Å². The average Bonchev–Trinajstić information content (AvgIpc) is 3.41. The number of rotatable bonds is 49. The third kappa shape index (κ3) is 43.1. The Morgan fingerprint density at radius 3 is 1.21 bits per heavy atom. The summed E-state index contributed by atoms with van der Waals surface area (Å²) < 4.78 is 11.3. The Morgan fingerprint density at radius 1 is 0.467 bits per heavy atom. The predicted octanol–water partition coefficient (Wildman–Crippen LogP) is 15.3. The van der Waals surface area contributed by atoms with Crippen molar-refractivity contribution >= 4 is 5.91 Å². The summed E-state index contributed by atoms with van der Waals surface area (Å²) >= 11 is 0. The zero-order valence-electron chi connectivity index (χ0n) is 47.2. The normalized spacial score (nSPS) is 19.9. The summed E-state index contributed by atoms with van der Waals surface area (Å²) in [6.45, 7) is 3.69. The van der Waals surface area contributed by atoms with E-state index in [1.165, 1.54) is 77.0 Å². The summed E-state index contributed by atoms with van der Waals surface area (Å²) in [4.78, 5) is 13.1. The van der Waals surface area contributed by atoms with Crippen LogP contribution in [0.15, 0.2) is 134 Å². The molecule has 1 aliphatic rings. The van der Waals surface area contributed by atoms with Gasteiger partial charge in [-0.15, -0.1) is 0 Å². The van der Waals surface area contributed by atoms with Crippen LogP contribution in [0.25, 0.3) is 0 Å². The van der Waals surface area contributed by atoms with Crippen molar-refractivity contribution in [2.75, 3.05) is 13.2 Å². The quantitative estimate of drug-likeness (QED) is 0.0261. The summed E-state index contributed by atoms with van der Waals surface area (Å²) in [6.07, 6.45) is 74.8. The SMILES string of the molecule is CC/C=C\C/C=C\C/C=C\C/C=C\C/C=C\C/C=C\C/C=C\C/C=C\C/C=C\C/C=C\C/C=C\CCCCCC(=O)NC(COC1OC(CO)C(O)C(O)C1O)C(O)CCCCCCCCCCCCCCCCC. The predicted molar refractivity (Wildman–Crippen MR) is 317 cm³/mol. The first-order valence-corrected chi connectivity index (χ1v) is 29.9. The highest BCUT2D eigenvalue weighted by Gasteiger charge is 2.44. The second-order valence-electron chi connectivity index (χ2n) is 20.1. The van der Waals surface area contributed by atoms with Crippen molar-refractivity contribution < 1.29 is 39.8 Å². The van der Waals surface area contributed by atoms with Crippen molar-refractivity contribution in [2.24, 2.45) is 0 Å². The average molecular weight is 1040 g/mol. The summed E-state index contributed by atoms with van der Waals surface area (Å²) in [5, 5.41) is 54.6. The number of unbranched alkanes of at least 4 members (excludes halogenated alkanes) is 17. The molecule has 0 aromatic heterocycles. The fraction of sp³-hybridized carbons (Fsp3) is 0.652. The first kappa shape index (κ1) is 69.3. The van der Waals surface area contributed by atoms with Gasteiger partial charge in [0.05, 0.1) is 25.4 Å². The van der Waals surface area contributed by atoms with Crippen LogP contribution in [0.1, 0.15) is 219 Å². The van der Waals surface area contributed by atoms with E-state index < -0.39 is 49.5 Å². The lowest BCUT2D eigenvalue weighted by atomic mass is 9.99. The Bertz CT molecular complexity index is 1640. The minimum absolute atomic E-state index is 0.160. The Labute approximate surface area is 458 Å². The minimum Gasteiger partial charge on any atom is -0.394 e. The molecule has 1 rings (SSSR count). The smallest absolute Gasteiger partial charge is 0.220 e. The Morgan fingerprint density at radius 2 is 0.827 bits per heavy atom. The summed E-state index contributed by atoms with van der Waals surface area (Å²) in [5.74, 6) is -0.181. The first-order chi connectivity index (χ1) is 36.8. The zero-order valence-corrected chi connectivity index (χ0v) is 47.2. The van der Waals surface area contributed by atoms with Crippen LogP contribution in [0.5, 0.6) is 0 Å². The van der Waals surface area contributed by atoms with Crippen molar-refractivity contribution in [2.45, 2.75) is 262 Å². The molecule has 0 radical (unpaired) electrons. The molecule has 1 aliphatic heterocycles. The van der Waals surface area contributed by atoms with Crippen LogP contribution >= 0.6 is 0 Å². The molecule has 1 fully saturated rings. The van der Waals surface area contributed by atoms with Gasteiger partial charge in [0.1, 0.15) is 24.4 Å². The van der Waals surface area contributed by atoms with Crippen LogP contribution in [0.4, 0.5) is 0 Å². The number of carbonyl (C=O) groups excluding carboxylic acids is 1. The van der Waals surface area contributed by atoms with Crippen LogP contribution in [0.3, 0.4) is 0 Å². The van der Waals surface area contributed by atoms with Crippen LogP contribution in [0.2, 0.25) is 0 Å². The lowest BCUT2D eigenvalue weighted by molar-refractivity contribution is -0.302. The van der Waals surface area contributed by atoms with Crippen LogP contribution in [-0.2, 0) is 14.3 Å². The number of carbonyl (C=O) groups is 1. The van der Waals surface area contributed by atoms with Gasteiger partial charge < -0.3 is 40.3 Å². The molecule has 75 heavy (non-hydrogen) atoms. The highest BCUT2D eigenvalue weighted by atomic mass is 16.7. The van der Waals surface area contributed by atoms with E-state index in [0.717, 1.165) is 116 Å². The largest absolute Gasteiger partial charge is 0.394 e. The van der Waals surface area contributed by atoms with Gasteiger partial charge in [-0.3, -0.25) is 4.79 Å². The molecule has 1 saturated heterocycles. The second kappa shape index (κ2) is 53.7. The van der Waals surface area contributed by atoms with E-state index in [9.17, 15) is 30.3 Å². The summed E-state index contributed by atoms with van der Waals surface area (Å²) in [5.41, 5.74) is 0. The van der Waals surface area contributed by atoms with Crippen molar-refractivity contribution in [3.8, 4) is 0 Å². The number of hydrogen-bond acceptors (Lipinski definition) is 8. The molecule has 0 aliphatic carbocycles. The van der Waals surface area contributed by atoms with Gasteiger partial charge in [-0.2, -0.15) is 0 Å². The monoisotopic (exact) mass is 1040 g/mol. The number of aliphatic hydroxyl groups is 5. The van der Waals surface area contributed by atoms with E-state index in [1.807, 2.05) is 0 Å². The topological polar surface area (TPSA) is 149 Å². The highest BCUT2D eigenvalue weighted by molar-refractivity contribution is 5.76. The Balaban J connectivity index is 2.22. The van der Waals surface area contributed by atoms with Gasteiger partial charge in [0.15, 0.2) is 6.29 Å². The van der Waals surface area contributed by atoms with E-state index in [1.54, 1.807) is 0 Å². The molecular weight excluding hydrogens is 935 g/mol. The molecule has 0 aromatic carbocycles. The molecule has 0 bridgehead atoms. The third-order valence-electron chi connectivity index (χ3n) is 13.3. The number of ether oxygens (including phenoxy) is 2. The van der Waals surface area contributed by atoms with Gasteiger partial charge in [0, 0.05) is 6.42 Å². The Hall–Kier alpha value is -3.67. The number of amides is 1. The molecule has 1 amide bonds. The maximum absolute atomic E-state index is 13.1. The molecule has 0 aromatic rings. The minimum atomic E-state index is -1.57. The van der Waals surface area contributed by atoms with Crippen molar-refractivity contribution in [3.05, 3.63) is 134 Å². The number of allylic oxidation sites excluding steroid dienone is 22. The van der Waals surface area contributed by atoms with E-state index in [0.29, 0.717) is 12.8 Å². The molecule has 6 N–H and O–H groups in total. The van der Waals surface area contributed by atoms with E-state index >= 15 is 0 Å². The first-order valence-electron chi connectivity index (χ1n) is 29.9. The number of hydrogen-bond donors (Lipinski definition) is 6. The summed E-state index contributed by atoms with van der Waals surface area (Å²) in [6, 6.07) is -0.747. The lowest BCUT2D eigenvalue weighted by Crippen LogP contribution is -2.60. The van der Waals surface area contributed by atoms with Gasteiger partial charge in [0.2, 0.25) is 5.91 Å². The lowest BCUT2D eigenvalue weighted by Gasteiger charge is -2.40. The van der Waals surface area contributed by atoms with Crippen LogP contribution in [0, 0.1) is 0 Å². The molecule has 7 unspecified atom stereocenters. The van der Waals surface area contributed by atoms with Gasteiger partial charge in [-0.25, -0.2) is 0 Å². The standard InChI is InChI=1S/C66H109NO8/c1-3-5-7-9-11-13-15-17-19-20-21-22-23-24-25-26-27-28-29-30-31-32-33-34-35-36-37-38-39-40-42-44-46-48-50-52-54-56-62(70)67-59(58-74-66-65(73)64(72)63(71)61(57-68)75-66)60(69)55-53-51-49-47-45-43-41-18-16-14-12-10-8-6-4-2/h5,7,11,13,17,19,21-22,24-25,27-28,30-31,33-34,36-37,39-40,44,46,59-61,63-66,68-69,71-73H,3-4,6,8-10,12,14-16,18,20,23,26,29,32,35,38,41-43,45,47-58H2,1-2H3,(H,67,70)/b7-5-,13-11-,19-17-,22-21-,25-24-,28-27-,31-30-,34-33-,37-36-,40-39-,46-44-. The molecule has 7 atom stereocenters. The molecule has 0 saturated carbocycles. The maximum atomic E-state index is 13.1. The van der Waals surface area contributed by atoms with Gasteiger partial charge in [0.25, 0.3) is 0 Å². The molecule has 9 nitrogen and oxygen atoms in total. The number of nitrogens with one attached hydrogen (secondary N) is 1. The van der Waals surface area contributed by atoms with Gasteiger partial charge >= 0.3 is 0 Å². The molecule has 0 spiro atoms. The highest BCUT2D eigenvalue weighted by Crippen LogP contribution is 2.23. The van der Waals surface area contributed by atoms with Gasteiger partial charge in [-0.05, 0) is 96.3 Å². The fourth-order valence-electron chi connectivity index (χ4n) is 8.58. The zero-order chi connectivity index (χ0) is 54.3. The summed E-state index contributed by atoms with van der Waals surface area (Å²) in [7, 11) is 0. The van der Waals surface area contributed by atoms with Crippen LogP contribution < -0.4 is 5.32 Å². The fourth-order valence-corrected chi connectivity index (χ4v) is 8.58. The third-order valence-corrected chi connectivity index (χ3v) is 13.3. The van der Waals surface area contributed by atoms with Crippen molar-refractivity contribution in [1.82, 2.24) is 5.32 Å². The van der Waals surface area contributed by atoms with Crippen LogP contribution in [-0.4, -0.2) is 87.5 Å². The molecule has 9 heteroatoms. The van der Waals surface area contributed by atoms with Crippen molar-refractivity contribution in [1.29, 1.82) is 0 Å². The Kier molecular flexibility index (Phi) is 49.7. The molecular formula is C66H109NO8. The van der Waals surface area contributed by atoms with E-state index in [4.69, 9.17) is 9.47 Å². The molecule has 1 heterocycles. The second-order valence-corrected chi connectivity index (χ2v) is 20.1. The van der Waals surface area contributed by atoms with E-state index in [-0.39, 0.29) is 12.5 Å². The number of aliphatic hydroxyl groups excluding tert-OH is 5.